The number of benzene rings is 2. The van der Waals surface area contributed by atoms with E-state index in [0.717, 1.165) is 5.56 Å². The van der Waals surface area contributed by atoms with Crippen molar-refractivity contribution >= 4 is 11.6 Å². The molecule has 1 N–H and O–H groups in total. The molecule has 1 heterocycles. The summed E-state index contributed by atoms with van der Waals surface area (Å²) in [5.74, 6) is -0.683. The Labute approximate surface area is 162 Å². The van der Waals surface area contributed by atoms with Crippen molar-refractivity contribution < 1.29 is 22.7 Å². The molecule has 0 radical (unpaired) electrons. The summed E-state index contributed by atoms with van der Waals surface area (Å²) in [5, 5.41) is 2.46. The molecule has 3 rings (SSSR count). The maximum absolute atomic E-state index is 14.0. The zero-order valence-corrected chi connectivity index (χ0v) is 15.6. The van der Waals surface area contributed by atoms with Gasteiger partial charge in [-0.25, -0.2) is 0 Å². The molecule has 1 saturated heterocycles. The summed E-state index contributed by atoms with van der Waals surface area (Å²) in [5.41, 5.74) is -1.27. The third-order valence-corrected chi connectivity index (χ3v) is 5.01. The molecule has 1 aliphatic heterocycles. The van der Waals surface area contributed by atoms with E-state index in [2.05, 4.69) is 5.32 Å². The van der Waals surface area contributed by atoms with Gasteiger partial charge in [-0.2, -0.15) is 13.2 Å². The van der Waals surface area contributed by atoms with Crippen molar-refractivity contribution in [2.75, 3.05) is 25.0 Å². The summed E-state index contributed by atoms with van der Waals surface area (Å²) in [7, 11) is 0. The van der Waals surface area contributed by atoms with Crippen molar-refractivity contribution in [1.82, 2.24) is 4.90 Å². The van der Waals surface area contributed by atoms with Crippen LogP contribution in [0.25, 0.3) is 0 Å². The van der Waals surface area contributed by atoms with E-state index in [4.69, 9.17) is 4.74 Å². The molecule has 0 bridgehead atoms. The molecule has 150 valence electrons. The maximum atomic E-state index is 14.0. The van der Waals surface area contributed by atoms with Gasteiger partial charge in [-0.05, 0) is 37.6 Å². The number of rotatable bonds is 6. The van der Waals surface area contributed by atoms with E-state index in [-0.39, 0.29) is 25.2 Å². The van der Waals surface area contributed by atoms with E-state index in [0.29, 0.717) is 18.9 Å². The fourth-order valence-electron chi connectivity index (χ4n) is 3.50. The molecule has 4 nitrogen and oxygen atoms in total. The normalized spacial score (nSPS) is 20.1. The van der Waals surface area contributed by atoms with Crippen molar-refractivity contribution in [2.24, 2.45) is 5.41 Å². The number of nitrogens with one attached hydrogen (secondary N) is 1. The summed E-state index contributed by atoms with van der Waals surface area (Å²) in [4.78, 5) is 14.5. The van der Waals surface area contributed by atoms with Crippen LogP contribution < -0.4 is 10.1 Å². The highest BCUT2D eigenvalue weighted by Gasteiger charge is 2.63. The molecule has 0 spiro atoms. The molecule has 0 aliphatic carbocycles. The number of likely N-dealkylation sites (tertiary alicyclic amines) is 1. The largest absolute Gasteiger partial charge is 0.492 e. The molecule has 0 aromatic heterocycles. The lowest BCUT2D eigenvalue weighted by molar-refractivity contribution is -0.215. The predicted octanol–water partition coefficient (Wildman–Crippen LogP) is 4.48. The molecule has 1 aliphatic rings. The minimum Gasteiger partial charge on any atom is -0.492 e. The Bertz CT molecular complexity index is 811. The lowest BCUT2D eigenvalue weighted by atomic mass is 9.85. The number of anilines is 1. The van der Waals surface area contributed by atoms with Crippen LogP contribution in [0.15, 0.2) is 54.6 Å². The van der Waals surface area contributed by atoms with E-state index >= 15 is 0 Å². The molecule has 1 fully saturated rings. The highest BCUT2D eigenvalue weighted by Crippen LogP contribution is 2.47. The van der Waals surface area contributed by atoms with Crippen LogP contribution in [-0.2, 0) is 11.3 Å². The van der Waals surface area contributed by atoms with Crippen molar-refractivity contribution in [3.8, 4) is 5.75 Å². The van der Waals surface area contributed by atoms with Crippen LogP contribution in [0.1, 0.15) is 18.9 Å². The Hall–Kier alpha value is -2.54. The van der Waals surface area contributed by atoms with Crippen molar-refractivity contribution in [2.45, 2.75) is 26.1 Å². The fourth-order valence-corrected chi connectivity index (χ4v) is 3.50. The Morgan fingerprint density at radius 1 is 1.14 bits per heavy atom. The zero-order valence-electron chi connectivity index (χ0n) is 15.6. The molecule has 2 aromatic rings. The number of amides is 1. The number of para-hydroxylation sites is 2. The molecule has 7 heteroatoms. The lowest BCUT2D eigenvalue weighted by Crippen LogP contribution is -2.50. The number of hydrogen-bond acceptors (Lipinski definition) is 3. The monoisotopic (exact) mass is 392 g/mol. The first kappa shape index (κ1) is 20.2. The van der Waals surface area contributed by atoms with Crippen molar-refractivity contribution in [3.05, 3.63) is 60.2 Å². The van der Waals surface area contributed by atoms with Crippen LogP contribution >= 0.6 is 0 Å². The first-order chi connectivity index (χ1) is 13.4. The average Bonchev–Trinajstić information content (AvgIpc) is 3.10. The Morgan fingerprint density at radius 3 is 2.50 bits per heavy atom. The minimum atomic E-state index is -4.65. The number of alkyl halides is 3. The maximum Gasteiger partial charge on any atom is 0.404 e. The number of hydrogen-bond donors (Lipinski definition) is 1. The van der Waals surface area contributed by atoms with Gasteiger partial charge in [0.1, 0.15) is 5.75 Å². The Morgan fingerprint density at radius 2 is 1.82 bits per heavy atom. The number of ether oxygens (including phenoxy) is 1. The third-order valence-electron chi connectivity index (χ3n) is 5.01. The summed E-state index contributed by atoms with van der Waals surface area (Å²) in [6, 6.07) is 15.8. The quantitative estimate of drug-likeness (QED) is 0.788. The van der Waals surface area contributed by atoms with Gasteiger partial charge in [-0.15, -0.1) is 0 Å². The van der Waals surface area contributed by atoms with Gasteiger partial charge < -0.3 is 10.1 Å². The van der Waals surface area contributed by atoms with Gasteiger partial charge in [0.25, 0.3) is 0 Å². The predicted molar refractivity (Wildman–Crippen MR) is 101 cm³/mol. The Kier molecular flexibility index (Phi) is 5.93. The molecule has 1 amide bonds. The molecule has 28 heavy (non-hydrogen) atoms. The topological polar surface area (TPSA) is 41.6 Å². The second-order valence-electron chi connectivity index (χ2n) is 6.91. The second kappa shape index (κ2) is 8.22. The standard InChI is InChI=1S/C21H23F3N2O2/c1-2-28-18-11-7-6-10-17(18)25-19(27)20(21(22,23)24)12-13-26(15-20)14-16-8-4-3-5-9-16/h3-11H,2,12-15H2,1H3,(H,25,27). The van der Waals surface area contributed by atoms with Gasteiger partial charge in [0, 0.05) is 13.1 Å². The molecular weight excluding hydrogens is 369 g/mol. The van der Waals surface area contributed by atoms with Gasteiger partial charge >= 0.3 is 6.18 Å². The number of carbonyl (C=O) groups excluding carboxylic acids is 1. The highest BCUT2D eigenvalue weighted by atomic mass is 19.4. The second-order valence-corrected chi connectivity index (χ2v) is 6.91. The van der Waals surface area contributed by atoms with Crippen molar-refractivity contribution in [1.29, 1.82) is 0 Å². The molecule has 1 unspecified atom stereocenters. The lowest BCUT2D eigenvalue weighted by Gasteiger charge is -2.31. The van der Waals surface area contributed by atoms with Crippen LogP contribution in [0.2, 0.25) is 0 Å². The van der Waals surface area contributed by atoms with Gasteiger partial charge in [-0.1, -0.05) is 42.5 Å². The summed E-state index contributed by atoms with van der Waals surface area (Å²) < 4.78 is 47.4. The van der Waals surface area contributed by atoms with Gasteiger partial charge in [-0.3, -0.25) is 9.69 Å². The third kappa shape index (κ3) is 4.14. The van der Waals surface area contributed by atoms with Crippen LogP contribution in [-0.4, -0.2) is 36.7 Å². The average molecular weight is 392 g/mol. The Balaban J connectivity index is 1.80. The van der Waals surface area contributed by atoms with Gasteiger partial charge in [0.2, 0.25) is 5.91 Å². The smallest absolute Gasteiger partial charge is 0.404 e. The molecule has 2 aromatic carbocycles. The first-order valence-electron chi connectivity index (χ1n) is 9.22. The molecule has 1 atom stereocenters. The highest BCUT2D eigenvalue weighted by molar-refractivity contribution is 5.97. The minimum absolute atomic E-state index is 0.203. The van der Waals surface area contributed by atoms with Crippen molar-refractivity contribution in [3.63, 3.8) is 0 Å². The van der Waals surface area contributed by atoms with E-state index in [1.54, 1.807) is 36.1 Å². The van der Waals surface area contributed by atoms with Gasteiger partial charge in [0.05, 0.1) is 12.3 Å². The fraction of sp³-hybridized carbons (Fsp3) is 0.381. The zero-order chi connectivity index (χ0) is 20.2. The van der Waals surface area contributed by atoms with Crippen LogP contribution in [0, 0.1) is 5.41 Å². The summed E-state index contributed by atoms with van der Waals surface area (Å²) in [6.07, 6.45) is -4.92. The van der Waals surface area contributed by atoms with E-state index in [1.807, 2.05) is 30.3 Å². The van der Waals surface area contributed by atoms with Crippen LogP contribution in [0.4, 0.5) is 18.9 Å². The van der Waals surface area contributed by atoms with Crippen LogP contribution in [0.3, 0.4) is 0 Å². The molecular formula is C21H23F3N2O2. The summed E-state index contributed by atoms with van der Waals surface area (Å²) >= 11 is 0. The molecule has 0 saturated carbocycles. The van der Waals surface area contributed by atoms with E-state index in [1.165, 1.54) is 0 Å². The van der Waals surface area contributed by atoms with Crippen LogP contribution in [0.5, 0.6) is 5.75 Å². The summed E-state index contributed by atoms with van der Waals surface area (Å²) in [6.45, 7) is 2.33. The SMILES string of the molecule is CCOc1ccccc1NC(=O)C1(C(F)(F)F)CCN(Cc2ccccc2)C1. The van der Waals surface area contributed by atoms with E-state index < -0.39 is 17.5 Å². The number of halogens is 3. The van der Waals surface area contributed by atoms with Gasteiger partial charge in [0.15, 0.2) is 5.41 Å². The van der Waals surface area contributed by atoms with E-state index in [9.17, 15) is 18.0 Å². The number of nitrogens with zero attached hydrogens (tertiary/aromatic N) is 1. The number of carbonyl (C=O) groups is 1. The first-order valence-corrected chi connectivity index (χ1v) is 9.22.